The number of carboxylic acid groups (broad SMARTS) is 1. The van der Waals surface area contributed by atoms with Gasteiger partial charge in [0, 0.05) is 6.54 Å². The third kappa shape index (κ3) is 2.44. The van der Waals surface area contributed by atoms with E-state index in [2.05, 4.69) is 0 Å². The number of rotatable bonds is 5. The second-order valence-electron chi connectivity index (χ2n) is 4.69. The minimum Gasteiger partial charge on any atom is -0.479 e. The normalized spacial score (nSPS) is 25.9. The van der Waals surface area contributed by atoms with Gasteiger partial charge < -0.3 is 15.7 Å². The molecule has 0 aromatic heterocycles. The van der Waals surface area contributed by atoms with Gasteiger partial charge in [-0.1, -0.05) is 20.3 Å². The van der Waals surface area contributed by atoms with E-state index in [0.717, 1.165) is 12.8 Å². The van der Waals surface area contributed by atoms with Crippen LogP contribution in [0.1, 0.15) is 46.0 Å². The van der Waals surface area contributed by atoms with Crippen LogP contribution >= 0.6 is 0 Å². The Morgan fingerprint density at radius 1 is 1.47 bits per heavy atom. The van der Waals surface area contributed by atoms with Crippen LogP contribution in [0.5, 0.6) is 0 Å². The number of hydrogen-bond donors (Lipinski definition) is 2. The number of carbonyl (C=O) groups is 2. The van der Waals surface area contributed by atoms with Crippen LogP contribution in [0.3, 0.4) is 0 Å². The number of likely N-dealkylation sites (tertiary alicyclic amines) is 1. The standard InChI is InChI=1S/C12H22N2O3/c1-3-6-12(11(16)17)7-5-8-14(12)10(15)9(13)4-2/h9H,3-8,13H2,1-2H3,(H,16,17)/t9-,12?/m0/s1. The highest BCUT2D eigenvalue weighted by Crippen LogP contribution is 2.34. The maximum Gasteiger partial charge on any atom is 0.329 e. The van der Waals surface area contributed by atoms with Gasteiger partial charge >= 0.3 is 5.97 Å². The van der Waals surface area contributed by atoms with E-state index in [-0.39, 0.29) is 5.91 Å². The zero-order valence-corrected chi connectivity index (χ0v) is 10.6. The molecule has 1 saturated heterocycles. The van der Waals surface area contributed by atoms with Gasteiger partial charge in [-0.3, -0.25) is 4.79 Å². The Morgan fingerprint density at radius 2 is 2.12 bits per heavy atom. The van der Waals surface area contributed by atoms with Gasteiger partial charge in [0.2, 0.25) is 5.91 Å². The minimum atomic E-state index is -1.02. The molecule has 1 rings (SSSR count). The van der Waals surface area contributed by atoms with Gasteiger partial charge in [0.25, 0.3) is 0 Å². The second-order valence-corrected chi connectivity index (χ2v) is 4.69. The van der Waals surface area contributed by atoms with E-state index >= 15 is 0 Å². The van der Waals surface area contributed by atoms with E-state index in [9.17, 15) is 14.7 Å². The molecule has 0 spiro atoms. The highest BCUT2D eigenvalue weighted by atomic mass is 16.4. The molecule has 1 unspecified atom stereocenters. The van der Waals surface area contributed by atoms with E-state index in [0.29, 0.717) is 25.8 Å². The average Bonchev–Trinajstić information content (AvgIpc) is 2.72. The first-order valence-electron chi connectivity index (χ1n) is 6.30. The van der Waals surface area contributed by atoms with E-state index in [1.165, 1.54) is 4.90 Å². The Morgan fingerprint density at radius 3 is 2.59 bits per heavy atom. The van der Waals surface area contributed by atoms with Gasteiger partial charge in [-0.05, 0) is 25.7 Å². The summed E-state index contributed by atoms with van der Waals surface area (Å²) in [7, 11) is 0. The van der Waals surface area contributed by atoms with Crippen molar-refractivity contribution in [1.29, 1.82) is 0 Å². The van der Waals surface area contributed by atoms with Crippen molar-refractivity contribution in [3.63, 3.8) is 0 Å². The molecule has 0 aromatic carbocycles. The Balaban J connectivity index is 2.96. The molecule has 1 fully saturated rings. The Bertz CT molecular complexity index is 306. The zero-order valence-electron chi connectivity index (χ0n) is 10.6. The zero-order chi connectivity index (χ0) is 13.1. The number of nitrogens with zero attached hydrogens (tertiary/aromatic N) is 1. The molecule has 0 aliphatic carbocycles. The molecule has 1 aliphatic heterocycles. The van der Waals surface area contributed by atoms with Crippen LogP contribution in [0.2, 0.25) is 0 Å². The fourth-order valence-electron chi connectivity index (χ4n) is 2.58. The fourth-order valence-corrected chi connectivity index (χ4v) is 2.58. The molecule has 1 heterocycles. The molecule has 0 radical (unpaired) electrons. The summed E-state index contributed by atoms with van der Waals surface area (Å²) in [5.41, 5.74) is 4.71. The monoisotopic (exact) mass is 242 g/mol. The van der Waals surface area contributed by atoms with Gasteiger partial charge in [-0.15, -0.1) is 0 Å². The lowest BCUT2D eigenvalue weighted by atomic mass is 9.90. The molecule has 0 saturated carbocycles. The minimum absolute atomic E-state index is 0.221. The van der Waals surface area contributed by atoms with E-state index in [1.54, 1.807) is 0 Å². The topological polar surface area (TPSA) is 83.6 Å². The van der Waals surface area contributed by atoms with Crippen LogP contribution in [0.15, 0.2) is 0 Å². The average molecular weight is 242 g/mol. The SMILES string of the molecule is CCCC1(C(=O)O)CCCN1C(=O)[C@@H](N)CC. The van der Waals surface area contributed by atoms with E-state index < -0.39 is 17.6 Å². The summed E-state index contributed by atoms with van der Waals surface area (Å²) in [4.78, 5) is 25.1. The number of hydrogen-bond acceptors (Lipinski definition) is 3. The van der Waals surface area contributed by atoms with Crippen LogP contribution in [0.25, 0.3) is 0 Å². The number of nitrogens with two attached hydrogens (primary N) is 1. The first-order chi connectivity index (χ1) is 7.99. The lowest BCUT2D eigenvalue weighted by molar-refractivity contribution is -0.157. The van der Waals surface area contributed by atoms with Crippen LogP contribution in [0, 0.1) is 0 Å². The summed E-state index contributed by atoms with van der Waals surface area (Å²) in [5, 5.41) is 9.43. The molecule has 98 valence electrons. The molecule has 3 N–H and O–H groups in total. The quantitative estimate of drug-likeness (QED) is 0.752. The van der Waals surface area contributed by atoms with Crippen LogP contribution in [-0.2, 0) is 9.59 Å². The molecular weight excluding hydrogens is 220 g/mol. The largest absolute Gasteiger partial charge is 0.479 e. The highest BCUT2D eigenvalue weighted by Gasteiger charge is 2.49. The predicted octanol–water partition coefficient (Wildman–Crippen LogP) is 0.970. The molecule has 1 aliphatic rings. The van der Waals surface area contributed by atoms with E-state index in [4.69, 9.17) is 5.73 Å². The fraction of sp³-hybridized carbons (Fsp3) is 0.833. The third-order valence-corrected chi connectivity index (χ3v) is 3.57. The summed E-state index contributed by atoms with van der Waals surface area (Å²) >= 11 is 0. The smallest absolute Gasteiger partial charge is 0.329 e. The van der Waals surface area contributed by atoms with Crippen molar-refractivity contribution in [2.75, 3.05) is 6.54 Å². The van der Waals surface area contributed by atoms with Crippen molar-refractivity contribution < 1.29 is 14.7 Å². The highest BCUT2D eigenvalue weighted by molar-refractivity contribution is 5.90. The molecular formula is C12H22N2O3. The maximum absolute atomic E-state index is 12.1. The van der Waals surface area contributed by atoms with Crippen molar-refractivity contribution in [3.8, 4) is 0 Å². The molecule has 5 heteroatoms. The summed E-state index contributed by atoms with van der Waals surface area (Å²) in [6, 6.07) is -0.580. The Labute approximate surface area is 102 Å². The van der Waals surface area contributed by atoms with Crippen LogP contribution in [-0.4, -0.2) is 40.0 Å². The lowest BCUT2D eigenvalue weighted by Gasteiger charge is -2.36. The predicted molar refractivity (Wildman–Crippen MR) is 64.5 cm³/mol. The van der Waals surface area contributed by atoms with Crippen molar-refractivity contribution in [2.45, 2.75) is 57.5 Å². The summed E-state index contributed by atoms with van der Waals surface area (Å²) in [6.45, 7) is 4.28. The van der Waals surface area contributed by atoms with Crippen LogP contribution in [0.4, 0.5) is 0 Å². The van der Waals surface area contributed by atoms with Gasteiger partial charge in [-0.25, -0.2) is 4.79 Å². The number of carboxylic acids is 1. The molecule has 1 amide bonds. The van der Waals surface area contributed by atoms with Crippen molar-refractivity contribution >= 4 is 11.9 Å². The van der Waals surface area contributed by atoms with Gasteiger partial charge in [-0.2, -0.15) is 0 Å². The maximum atomic E-state index is 12.1. The van der Waals surface area contributed by atoms with Gasteiger partial charge in [0.05, 0.1) is 6.04 Å². The van der Waals surface area contributed by atoms with Gasteiger partial charge in [0.1, 0.15) is 5.54 Å². The Kier molecular flexibility index (Phi) is 4.51. The number of aliphatic carboxylic acids is 1. The summed E-state index contributed by atoms with van der Waals surface area (Å²) < 4.78 is 0. The lowest BCUT2D eigenvalue weighted by Crippen LogP contribution is -2.57. The molecule has 0 aromatic rings. The van der Waals surface area contributed by atoms with Crippen molar-refractivity contribution in [3.05, 3.63) is 0 Å². The summed E-state index contributed by atoms with van der Waals surface area (Å²) in [5.74, 6) is -1.12. The number of carbonyl (C=O) groups excluding carboxylic acids is 1. The van der Waals surface area contributed by atoms with Crippen molar-refractivity contribution in [1.82, 2.24) is 4.90 Å². The van der Waals surface area contributed by atoms with Crippen LogP contribution < -0.4 is 5.73 Å². The third-order valence-electron chi connectivity index (χ3n) is 3.57. The first-order valence-corrected chi connectivity index (χ1v) is 6.30. The van der Waals surface area contributed by atoms with Gasteiger partial charge in [0.15, 0.2) is 0 Å². The Hall–Kier alpha value is -1.10. The molecule has 5 nitrogen and oxygen atoms in total. The van der Waals surface area contributed by atoms with Crippen molar-refractivity contribution in [2.24, 2.45) is 5.73 Å². The van der Waals surface area contributed by atoms with E-state index in [1.807, 2.05) is 13.8 Å². The molecule has 0 bridgehead atoms. The second kappa shape index (κ2) is 5.49. The summed E-state index contributed by atoms with van der Waals surface area (Å²) in [6.07, 6.45) is 3.08. The first kappa shape index (κ1) is 14.0. The molecule has 17 heavy (non-hydrogen) atoms. The molecule has 2 atom stereocenters. The number of amides is 1.